The van der Waals surface area contributed by atoms with Crippen molar-refractivity contribution in [3.05, 3.63) is 69.8 Å². The lowest BCUT2D eigenvalue weighted by Gasteiger charge is -2.59. The van der Waals surface area contributed by atoms with E-state index in [9.17, 15) is 48.0 Å². The number of halogens is 1. The highest BCUT2D eigenvalue weighted by atomic mass is 35.7. The van der Waals surface area contributed by atoms with Gasteiger partial charge in [0, 0.05) is 82.7 Å². The van der Waals surface area contributed by atoms with Crippen LogP contribution in [0.25, 0.3) is 0 Å². The normalized spacial score (nSPS) is 22.8. The van der Waals surface area contributed by atoms with Gasteiger partial charge in [-0.2, -0.15) is 0 Å². The maximum absolute atomic E-state index is 13.8. The summed E-state index contributed by atoms with van der Waals surface area (Å²) in [7, 11) is -12.0. The number of aromatic hydroxyl groups is 3. The number of benzene rings is 3. The fourth-order valence-corrected chi connectivity index (χ4v) is 23.6. The molecule has 21 nitrogen and oxygen atoms in total. The monoisotopic (exact) mass is 1700 g/mol. The summed E-state index contributed by atoms with van der Waals surface area (Å²) in [5.74, 6) is 2.26. The summed E-state index contributed by atoms with van der Waals surface area (Å²) in [5.41, 5.74) is 3.36. The SMILES string of the molecule is CCCCCCC(C)(C)c1cc(O)c([C@H]2CC(=O)[C@H]3C[C@@H]2C3(C)C)c(O)c1.CCCCCCC(C)(C)c1cc(O)c([C@H]2CC(=O)[C@H]3C[C@@H]2C3(C)C)c(OP(=O)(OCC)OCC)c1.CCCCCCC(C)(C)c1cc(OP(=O)(OCC)OCC)c([C@H]2CC(=O)[C@H]3C[C@@H]2C3(C)C)c(OP(=O)(OCC)OCC)c1.CCOP(=O)(Cl)OCC. The molecule has 9 atom stereocenters. The highest BCUT2D eigenvalue weighted by molar-refractivity contribution is 7.81. The van der Waals surface area contributed by atoms with Crippen LogP contribution in [0.15, 0.2) is 36.4 Å². The van der Waals surface area contributed by atoms with Gasteiger partial charge in [0.05, 0.1) is 52.9 Å². The fraction of sp³-hybridized carbons (Fsp3) is 0.761. The topological polar surface area (TPSA) is 282 Å². The lowest BCUT2D eigenvalue weighted by atomic mass is 9.44. The van der Waals surface area contributed by atoms with Crippen molar-refractivity contribution in [3.63, 3.8) is 0 Å². The zero-order valence-corrected chi connectivity index (χ0v) is 77.9. The third-order valence-electron chi connectivity index (χ3n) is 25.6. The van der Waals surface area contributed by atoms with Crippen molar-refractivity contribution in [2.24, 2.45) is 51.8 Å². The summed E-state index contributed by atoms with van der Waals surface area (Å²) in [4.78, 5) is 38.7. The van der Waals surface area contributed by atoms with Crippen molar-refractivity contribution in [3.8, 4) is 34.5 Å². The van der Waals surface area contributed by atoms with Gasteiger partial charge in [-0.1, -0.05) is 181 Å². The van der Waals surface area contributed by atoms with Crippen LogP contribution in [0.5, 0.6) is 34.5 Å². The molecule has 3 aromatic rings. The minimum absolute atomic E-state index is 0.000267. The molecule has 0 unspecified atom stereocenters. The third kappa shape index (κ3) is 24.4. The minimum atomic E-state index is -4.04. The number of fused-ring (bicyclic) bond motifs is 6. The van der Waals surface area contributed by atoms with Crippen molar-refractivity contribution in [2.75, 3.05) is 52.9 Å². The molecule has 114 heavy (non-hydrogen) atoms. The number of phenolic OH excluding ortho intramolecular Hbond substituents is 3. The van der Waals surface area contributed by atoms with Gasteiger partial charge < -0.3 is 28.9 Å². The second-order valence-electron chi connectivity index (χ2n) is 35.7. The van der Waals surface area contributed by atoms with E-state index in [0.717, 1.165) is 93.7 Å². The Balaban J connectivity index is 0.000000257. The Morgan fingerprint density at radius 3 is 0.851 bits per heavy atom. The van der Waals surface area contributed by atoms with E-state index in [1.165, 1.54) is 38.5 Å². The molecule has 0 amide bonds. The number of carbonyl (C=O) groups excluding carboxylic acids is 3. The van der Waals surface area contributed by atoms with Crippen molar-refractivity contribution in [1.82, 2.24) is 0 Å². The van der Waals surface area contributed by atoms with Gasteiger partial charge in [0.1, 0.15) is 51.8 Å². The van der Waals surface area contributed by atoms with Crippen molar-refractivity contribution >= 4 is 59.0 Å². The number of carbonyl (C=O) groups is 3. The molecule has 26 heteroatoms. The van der Waals surface area contributed by atoms with Crippen molar-refractivity contribution in [2.45, 2.75) is 328 Å². The lowest BCUT2D eigenvalue weighted by Crippen LogP contribution is -2.56. The number of hydrogen-bond donors (Lipinski definition) is 3. The Morgan fingerprint density at radius 1 is 0.360 bits per heavy atom. The Hall–Kier alpha value is -3.64. The number of phosphoric ester groups is 3. The lowest BCUT2D eigenvalue weighted by molar-refractivity contribution is -0.152. The van der Waals surface area contributed by atoms with Crippen LogP contribution in [-0.2, 0) is 85.1 Å². The Bertz CT molecular complexity index is 3750. The zero-order chi connectivity index (χ0) is 85.4. The summed E-state index contributed by atoms with van der Waals surface area (Å²) in [6.45, 7) is 44.3. The molecule has 3 N–H and O–H groups in total. The number of Topliss-reactive ketones (excluding diaryl/α,β-unsaturated/α-hetero) is 3. The van der Waals surface area contributed by atoms with Gasteiger partial charge in [0.25, 0.3) is 0 Å². The first-order valence-corrected chi connectivity index (χ1v) is 49.7. The number of phosphoric acid groups is 3. The largest absolute Gasteiger partial charge is 0.530 e. The average molecular weight is 1700 g/mol. The van der Waals surface area contributed by atoms with Crippen LogP contribution >= 0.6 is 41.7 Å². The van der Waals surface area contributed by atoms with Crippen LogP contribution < -0.4 is 13.6 Å². The van der Waals surface area contributed by atoms with Gasteiger partial charge in [-0.25, -0.2) is 18.3 Å². The van der Waals surface area contributed by atoms with Crippen LogP contribution in [0.3, 0.4) is 0 Å². The molecule has 6 bridgehead atoms. The number of unbranched alkanes of at least 4 members (excludes halogenated alkanes) is 9. The molecule has 9 fully saturated rings. The summed E-state index contributed by atoms with van der Waals surface area (Å²) in [6, 6.07) is 11.1. The van der Waals surface area contributed by atoms with Gasteiger partial charge in [-0.15, -0.1) is 0 Å². The van der Waals surface area contributed by atoms with E-state index in [-0.39, 0.29) is 172 Å². The zero-order valence-electron chi connectivity index (χ0n) is 73.5. The van der Waals surface area contributed by atoms with Crippen LogP contribution in [0.1, 0.15) is 345 Å². The van der Waals surface area contributed by atoms with E-state index in [2.05, 4.69) is 113 Å². The van der Waals surface area contributed by atoms with Crippen LogP contribution in [0.4, 0.5) is 0 Å². The molecular formula is C88H145ClO21P4. The van der Waals surface area contributed by atoms with E-state index in [1.807, 2.05) is 36.4 Å². The predicted octanol–water partition coefficient (Wildman–Crippen LogP) is 26.2. The standard InChI is InChI=1S/C32H54O9P2.C28H45O6P.C24H36O3.C4H10ClO3P/c1-10-15-16-17-18-31(6,7)23-19-28(40-42(34,36-11-2)37-12-3)30(24-21-27(33)26-22-25(24)32(26,8)9)29(20-23)41-43(35,38-13-4)39-14-5;1-8-11-12-13-14-27(4,5)19-15-24(30)26(20-17-23(29)22-18-21(20)28(22,6)7)25(16-19)34-35(31,32-9-2)33-10-3;1-6-7-8-9-10-23(2,3)15-11-20(26)22(21(27)12-15)16-13-19(25)18-14-17(16)24(18,4)5;1-3-7-9(5,6)8-4-2/h19-20,24-26H,10-18,21-22H2,1-9H3;15-16,20-22,30H,8-14,17-18H2,1-7H3;11-12,16-18,26-27H,6-10,13-14H2,1-5H3;3-4H2,1-2H3/t24-,25-,26+;20-,21-,22+;16-,17-,18+;/m000./s1. The maximum atomic E-state index is 13.8. The first-order valence-electron chi connectivity index (χ1n) is 42.9. The molecule has 9 aliphatic carbocycles. The quantitative estimate of drug-likeness (QED) is 0.0350. The number of ketones is 3. The van der Waals surface area contributed by atoms with Crippen LogP contribution in [0, 0.1) is 51.8 Å². The van der Waals surface area contributed by atoms with Crippen LogP contribution in [0.2, 0.25) is 0 Å². The molecule has 9 saturated carbocycles. The summed E-state index contributed by atoms with van der Waals surface area (Å²) in [5, 5.41) is 33.0. The molecule has 12 rings (SSSR count). The Morgan fingerprint density at radius 2 is 0.596 bits per heavy atom. The number of rotatable bonds is 43. The minimum Gasteiger partial charge on any atom is -0.508 e. The van der Waals surface area contributed by atoms with Crippen LogP contribution in [-0.4, -0.2) is 85.5 Å². The second-order valence-corrected chi connectivity index (χ2v) is 43.1. The van der Waals surface area contributed by atoms with Gasteiger partial charge in [-0.3, -0.25) is 50.6 Å². The van der Waals surface area contributed by atoms with Crippen molar-refractivity contribution < 1.29 is 97.7 Å². The molecule has 0 radical (unpaired) electrons. The molecular weight excluding hydrogens is 1550 g/mol. The number of phenols is 3. The predicted molar refractivity (Wildman–Crippen MR) is 454 cm³/mol. The van der Waals surface area contributed by atoms with E-state index < -0.39 is 30.4 Å². The third-order valence-corrected chi connectivity index (χ3v) is 32.0. The average Bonchev–Trinajstić information content (AvgIpc) is 0.720. The van der Waals surface area contributed by atoms with E-state index >= 15 is 0 Å². The van der Waals surface area contributed by atoms with E-state index in [0.29, 0.717) is 54.4 Å². The smallest absolute Gasteiger partial charge is 0.508 e. The Labute approximate surface area is 689 Å². The number of hydrogen-bond acceptors (Lipinski definition) is 21. The van der Waals surface area contributed by atoms with Gasteiger partial charge in [0.2, 0.25) is 0 Å². The summed E-state index contributed by atoms with van der Waals surface area (Å²) in [6.07, 6.45) is 20.3. The molecule has 0 saturated heterocycles. The molecule has 0 heterocycles. The summed E-state index contributed by atoms with van der Waals surface area (Å²) < 4.78 is 113. The first kappa shape index (κ1) is 99.2. The fourth-order valence-electron chi connectivity index (χ4n) is 18.7. The molecule has 9 aliphatic rings. The molecule has 650 valence electrons. The Kier molecular flexibility index (Phi) is 36.7. The molecule has 0 aromatic heterocycles. The highest BCUT2D eigenvalue weighted by Gasteiger charge is 2.62. The van der Waals surface area contributed by atoms with Crippen molar-refractivity contribution in [1.29, 1.82) is 0 Å². The van der Waals surface area contributed by atoms with E-state index in [4.69, 9.17) is 52.0 Å². The van der Waals surface area contributed by atoms with Gasteiger partial charge in [0.15, 0.2) is 0 Å². The van der Waals surface area contributed by atoms with E-state index in [1.54, 1.807) is 55.4 Å². The summed E-state index contributed by atoms with van der Waals surface area (Å²) >= 11 is 5.25. The second kappa shape index (κ2) is 42.2. The van der Waals surface area contributed by atoms with Gasteiger partial charge >= 0.3 is 30.4 Å². The maximum Gasteiger partial charge on any atom is 0.530 e. The molecule has 0 spiro atoms. The molecule has 0 aliphatic heterocycles. The molecule has 3 aromatic carbocycles. The highest BCUT2D eigenvalue weighted by Crippen LogP contribution is 2.69. The van der Waals surface area contributed by atoms with Gasteiger partial charge in [-0.05, 0) is 197 Å². The first-order chi connectivity index (χ1) is 53.3.